The zero-order chi connectivity index (χ0) is 19.1. The zero-order valence-corrected chi connectivity index (χ0v) is 16.6. The summed E-state index contributed by atoms with van der Waals surface area (Å²) in [6.45, 7) is 4.88. The predicted octanol–water partition coefficient (Wildman–Crippen LogP) is 2.66. The molecule has 2 heterocycles. The van der Waals surface area contributed by atoms with Gasteiger partial charge < -0.3 is 15.5 Å². The van der Waals surface area contributed by atoms with Crippen LogP contribution in [-0.2, 0) is 6.54 Å². The van der Waals surface area contributed by atoms with E-state index >= 15 is 0 Å². The molecule has 2 N–H and O–H groups in total. The molecule has 27 heavy (non-hydrogen) atoms. The number of hydrogen-bond acceptors (Lipinski definition) is 4. The molecule has 1 aromatic carbocycles. The number of halogens is 1. The van der Waals surface area contributed by atoms with Gasteiger partial charge in [-0.15, -0.1) is 11.3 Å². The van der Waals surface area contributed by atoms with E-state index in [0.29, 0.717) is 31.2 Å². The van der Waals surface area contributed by atoms with Gasteiger partial charge >= 0.3 is 6.03 Å². The van der Waals surface area contributed by atoms with E-state index in [9.17, 15) is 9.59 Å². The molecule has 0 radical (unpaired) electrons. The third-order valence-corrected chi connectivity index (χ3v) is 5.60. The highest BCUT2D eigenvalue weighted by Gasteiger charge is 2.20. The first-order valence-electron chi connectivity index (χ1n) is 8.93. The molecule has 3 amide bonds. The second kappa shape index (κ2) is 9.73. The lowest BCUT2D eigenvalue weighted by Crippen LogP contribution is -2.52. The van der Waals surface area contributed by atoms with E-state index < -0.39 is 0 Å². The number of hydrogen-bond donors (Lipinski definition) is 2. The van der Waals surface area contributed by atoms with Crippen molar-refractivity contribution < 1.29 is 9.59 Å². The first-order chi connectivity index (χ1) is 13.1. The number of nitrogens with one attached hydrogen (secondary N) is 2. The molecular formula is C19H23ClN4O2S. The van der Waals surface area contributed by atoms with Crippen LogP contribution in [0.3, 0.4) is 0 Å². The lowest BCUT2D eigenvalue weighted by Gasteiger charge is -2.34. The predicted molar refractivity (Wildman–Crippen MR) is 108 cm³/mol. The maximum absolute atomic E-state index is 12.3. The molecule has 0 saturated carbocycles. The molecule has 0 unspecified atom stereocenters. The minimum absolute atomic E-state index is 0.0230. The number of urea groups is 1. The van der Waals surface area contributed by atoms with E-state index in [1.165, 1.54) is 11.3 Å². The van der Waals surface area contributed by atoms with Crippen molar-refractivity contribution in [2.75, 3.05) is 39.3 Å². The Hall–Kier alpha value is -2.09. The molecule has 1 fully saturated rings. The van der Waals surface area contributed by atoms with Crippen LogP contribution in [0.15, 0.2) is 41.8 Å². The number of carbonyl (C=O) groups excluding carboxylic acids is 2. The van der Waals surface area contributed by atoms with Crippen LogP contribution in [-0.4, -0.2) is 61.0 Å². The fourth-order valence-electron chi connectivity index (χ4n) is 2.89. The summed E-state index contributed by atoms with van der Waals surface area (Å²) in [4.78, 5) is 29.0. The molecule has 1 aliphatic rings. The van der Waals surface area contributed by atoms with Gasteiger partial charge in [-0.25, -0.2) is 4.79 Å². The van der Waals surface area contributed by atoms with Crippen LogP contribution in [0, 0.1) is 0 Å². The Labute approximate surface area is 168 Å². The van der Waals surface area contributed by atoms with Crippen molar-refractivity contribution in [1.29, 1.82) is 0 Å². The van der Waals surface area contributed by atoms with Crippen LogP contribution in [0.25, 0.3) is 0 Å². The molecular weight excluding hydrogens is 384 g/mol. The minimum Gasteiger partial charge on any atom is -0.350 e. The highest BCUT2D eigenvalue weighted by atomic mass is 35.5. The topological polar surface area (TPSA) is 64.7 Å². The molecule has 0 bridgehead atoms. The van der Waals surface area contributed by atoms with Crippen LogP contribution in [0.4, 0.5) is 4.79 Å². The Morgan fingerprint density at radius 2 is 1.78 bits per heavy atom. The lowest BCUT2D eigenvalue weighted by molar-refractivity contribution is 0.0946. The van der Waals surface area contributed by atoms with E-state index in [0.717, 1.165) is 30.1 Å². The minimum atomic E-state index is -0.0457. The lowest BCUT2D eigenvalue weighted by atomic mass is 10.2. The van der Waals surface area contributed by atoms with E-state index in [4.69, 9.17) is 11.6 Å². The average molecular weight is 407 g/mol. The van der Waals surface area contributed by atoms with Crippen molar-refractivity contribution in [3.63, 3.8) is 0 Å². The van der Waals surface area contributed by atoms with Gasteiger partial charge in [-0.3, -0.25) is 9.69 Å². The van der Waals surface area contributed by atoms with E-state index in [1.807, 2.05) is 46.7 Å². The summed E-state index contributed by atoms with van der Waals surface area (Å²) in [5, 5.41) is 8.47. The number of piperazine rings is 1. The Morgan fingerprint density at radius 1 is 1.04 bits per heavy atom. The quantitative estimate of drug-likeness (QED) is 0.775. The Bertz CT molecular complexity index is 744. The van der Waals surface area contributed by atoms with Crippen LogP contribution >= 0.6 is 22.9 Å². The molecule has 1 aromatic heterocycles. The van der Waals surface area contributed by atoms with Crippen LogP contribution in [0.1, 0.15) is 15.2 Å². The summed E-state index contributed by atoms with van der Waals surface area (Å²) in [6, 6.07) is 11.1. The summed E-state index contributed by atoms with van der Waals surface area (Å²) in [7, 11) is 0. The molecule has 0 aliphatic carbocycles. The van der Waals surface area contributed by atoms with Crippen LogP contribution in [0.2, 0.25) is 5.02 Å². The molecule has 8 heteroatoms. The van der Waals surface area contributed by atoms with Gasteiger partial charge in [0.1, 0.15) is 0 Å². The van der Waals surface area contributed by atoms with Crippen molar-refractivity contribution in [1.82, 2.24) is 20.4 Å². The Kier molecular flexibility index (Phi) is 7.09. The molecule has 1 saturated heterocycles. The van der Waals surface area contributed by atoms with Gasteiger partial charge in [-0.05, 0) is 29.1 Å². The maximum Gasteiger partial charge on any atom is 0.317 e. The smallest absolute Gasteiger partial charge is 0.317 e. The highest BCUT2D eigenvalue weighted by Crippen LogP contribution is 2.10. The van der Waals surface area contributed by atoms with Gasteiger partial charge in [0.25, 0.3) is 5.91 Å². The molecule has 0 spiro atoms. The number of thiophene rings is 1. The molecule has 144 valence electrons. The van der Waals surface area contributed by atoms with Crippen LogP contribution < -0.4 is 10.6 Å². The van der Waals surface area contributed by atoms with Crippen molar-refractivity contribution in [2.24, 2.45) is 0 Å². The third-order valence-electron chi connectivity index (χ3n) is 4.48. The highest BCUT2D eigenvalue weighted by molar-refractivity contribution is 7.12. The van der Waals surface area contributed by atoms with Gasteiger partial charge in [0.2, 0.25) is 0 Å². The Morgan fingerprint density at radius 3 is 2.44 bits per heavy atom. The summed E-state index contributed by atoms with van der Waals surface area (Å²) >= 11 is 7.31. The van der Waals surface area contributed by atoms with Crippen molar-refractivity contribution in [3.8, 4) is 0 Å². The van der Waals surface area contributed by atoms with Crippen LogP contribution in [0.5, 0.6) is 0 Å². The summed E-state index contributed by atoms with van der Waals surface area (Å²) in [5.74, 6) is -0.0230. The standard InChI is InChI=1S/C19H23ClN4O2S/c20-16-5-3-15(4-6-16)14-22-19(26)24-11-9-23(10-12-24)8-7-21-18(25)17-2-1-13-27-17/h1-6,13H,7-12,14H2,(H,21,25)(H,22,26). The number of benzene rings is 1. The van der Waals surface area contributed by atoms with Gasteiger partial charge in [0.15, 0.2) is 0 Å². The van der Waals surface area contributed by atoms with Crippen molar-refractivity contribution in [3.05, 3.63) is 57.2 Å². The van der Waals surface area contributed by atoms with Crippen molar-refractivity contribution >= 4 is 34.9 Å². The molecule has 3 rings (SSSR count). The molecule has 2 aromatic rings. The summed E-state index contributed by atoms with van der Waals surface area (Å²) in [5.41, 5.74) is 1.02. The second-order valence-corrected chi connectivity index (χ2v) is 7.73. The number of nitrogens with zero attached hydrogens (tertiary/aromatic N) is 2. The van der Waals surface area contributed by atoms with E-state index in [-0.39, 0.29) is 11.9 Å². The van der Waals surface area contributed by atoms with Gasteiger partial charge in [-0.2, -0.15) is 0 Å². The monoisotopic (exact) mass is 406 g/mol. The molecule has 6 nitrogen and oxygen atoms in total. The van der Waals surface area contributed by atoms with Gasteiger partial charge in [0.05, 0.1) is 4.88 Å². The first-order valence-corrected chi connectivity index (χ1v) is 10.2. The first kappa shape index (κ1) is 19.7. The van der Waals surface area contributed by atoms with Gasteiger partial charge in [0, 0.05) is 50.8 Å². The van der Waals surface area contributed by atoms with E-state index in [1.54, 1.807) is 0 Å². The third kappa shape index (κ3) is 5.95. The number of rotatable bonds is 6. The molecule has 1 aliphatic heterocycles. The number of carbonyl (C=O) groups is 2. The average Bonchev–Trinajstić information content (AvgIpc) is 3.23. The SMILES string of the molecule is O=C(NCCN1CCN(C(=O)NCc2ccc(Cl)cc2)CC1)c1cccs1. The molecule has 0 atom stereocenters. The normalized spacial score (nSPS) is 14.8. The number of amides is 3. The van der Waals surface area contributed by atoms with E-state index in [2.05, 4.69) is 15.5 Å². The summed E-state index contributed by atoms with van der Waals surface area (Å²) < 4.78 is 0. The van der Waals surface area contributed by atoms with Crippen molar-refractivity contribution in [2.45, 2.75) is 6.54 Å². The Balaban J connectivity index is 1.32. The maximum atomic E-state index is 12.3. The summed E-state index contributed by atoms with van der Waals surface area (Å²) in [6.07, 6.45) is 0. The fourth-order valence-corrected chi connectivity index (χ4v) is 3.65. The second-order valence-electron chi connectivity index (χ2n) is 6.35. The zero-order valence-electron chi connectivity index (χ0n) is 15.0. The van der Waals surface area contributed by atoms with Gasteiger partial charge in [-0.1, -0.05) is 29.8 Å². The largest absolute Gasteiger partial charge is 0.350 e. The fraction of sp³-hybridized carbons (Fsp3) is 0.368.